The van der Waals surface area contributed by atoms with E-state index in [2.05, 4.69) is 20.4 Å². The predicted octanol–water partition coefficient (Wildman–Crippen LogP) is 6.52. The number of fused-ring (bicyclic) bond motifs is 1. The highest BCUT2D eigenvalue weighted by molar-refractivity contribution is 6.35. The van der Waals surface area contributed by atoms with E-state index in [4.69, 9.17) is 27.9 Å². The van der Waals surface area contributed by atoms with Crippen molar-refractivity contribution < 1.29 is 19.4 Å². The third-order valence-corrected chi connectivity index (χ3v) is 8.68. The number of aromatic nitrogens is 3. The molecule has 5 rings (SSSR count). The van der Waals surface area contributed by atoms with E-state index < -0.39 is 11.9 Å². The molecule has 43 heavy (non-hydrogen) atoms. The molecule has 3 N–H and O–H groups in total. The van der Waals surface area contributed by atoms with Crippen LogP contribution in [-0.4, -0.2) is 50.7 Å². The third kappa shape index (κ3) is 6.05. The van der Waals surface area contributed by atoms with E-state index in [0.717, 1.165) is 60.9 Å². The van der Waals surface area contributed by atoms with E-state index in [1.54, 1.807) is 0 Å². The van der Waals surface area contributed by atoms with Crippen LogP contribution < -0.4 is 10.1 Å². The van der Waals surface area contributed by atoms with E-state index in [1.165, 1.54) is 12.2 Å². The van der Waals surface area contributed by atoms with Crippen LogP contribution in [0.5, 0.6) is 5.75 Å². The molecule has 1 amide bonds. The van der Waals surface area contributed by atoms with Crippen molar-refractivity contribution in [3.8, 4) is 16.9 Å². The first-order valence-electron chi connectivity index (χ1n) is 14.0. The number of halogens is 2. The summed E-state index contributed by atoms with van der Waals surface area (Å²) in [5, 5.41) is 18.8. The van der Waals surface area contributed by atoms with Gasteiger partial charge in [-0.15, -0.1) is 0 Å². The second kappa shape index (κ2) is 12.3. The van der Waals surface area contributed by atoms with E-state index in [9.17, 15) is 14.7 Å². The molecule has 3 heterocycles. The minimum Gasteiger partial charge on any atom is -0.494 e. The molecule has 1 unspecified atom stereocenters. The molecule has 0 bridgehead atoms. The number of aromatic amines is 1. The molecule has 9 nitrogen and oxygen atoms in total. The zero-order valence-corrected chi connectivity index (χ0v) is 26.2. The van der Waals surface area contributed by atoms with Gasteiger partial charge in [-0.3, -0.25) is 19.3 Å². The lowest BCUT2D eigenvalue weighted by atomic mass is 9.98. The van der Waals surface area contributed by atoms with Crippen LogP contribution in [0.3, 0.4) is 0 Å². The van der Waals surface area contributed by atoms with E-state index >= 15 is 0 Å². The molecule has 224 valence electrons. The quantitative estimate of drug-likeness (QED) is 0.193. The molecule has 4 aromatic rings. The number of aliphatic carboxylic acids is 1. The average molecular weight is 623 g/mol. The number of nitrogens with zero attached hydrogens (tertiary/aromatic N) is 3. The maximum absolute atomic E-state index is 13.7. The number of carboxylic acids is 1. The van der Waals surface area contributed by atoms with Gasteiger partial charge in [0.15, 0.2) is 0 Å². The minimum atomic E-state index is -0.959. The summed E-state index contributed by atoms with van der Waals surface area (Å²) in [5.41, 5.74) is 7.31. The zero-order chi connectivity index (χ0) is 31.0. The van der Waals surface area contributed by atoms with Crippen molar-refractivity contribution in [2.45, 2.75) is 40.5 Å². The molecule has 1 atom stereocenters. The largest absolute Gasteiger partial charge is 0.494 e. The fourth-order valence-corrected chi connectivity index (χ4v) is 5.85. The second-order valence-electron chi connectivity index (χ2n) is 10.8. The van der Waals surface area contributed by atoms with Gasteiger partial charge in [0.05, 0.1) is 35.3 Å². The smallest absolute Gasteiger partial charge is 0.312 e. The lowest BCUT2D eigenvalue weighted by Crippen LogP contribution is -2.33. The fraction of sp³-hybridized carbons (Fsp3) is 0.312. The molecule has 0 saturated heterocycles. The van der Waals surface area contributed by atoms with Crippen molar-refractivity contribution in [2.75, 3.05) is 13.2 Å². The topological polar surface area (TPSA) is 122 Å². The number of rotatable bonds is 8. The number of dihydropyridines is 1. The van der Waals surface area contributed by atoms with Gasteiger partial charge in [-0.1, -0.05) is 35.3 Å². The lowest BCUT2D eigenvalue weighted by molar-refractivity contribution is -0.139. The summed E-state index contributed by atoms with van der Waals surface area (Å²) >= 11 is 13.1. The molecule has 2 aromatic heterocycles. The number of hydrogen-bond donors (Lipinski definition) is 3. The first-order chi connectivity index (χ1) is 20.5. The normalized spacial score (nSPS) is 14.7. The molecular weight excluding hydrogens is 589 g/mol. The second-order valence-corrected chi connectivity index (χ2v) is 11.6. The molecule has 2 aromatic carbocycles. The van der Waals surface area contributed by atoms with Crippen LogP contribution in [0.25, 0.3) is 22.0 Å². The molecule has 0 fully saturated rings. The van der Waals surface area contributed by atoms with Gasteiger partial charge >= 0.3 is 5.97 Å². The fourth-order valence-electron chi connectivity index (χ4n) is 5.49. The van der Waals surface area contributed by atoms with Crippen LogP contribution in [0.4, 0.5) is 0 Å². The van der Waals surface area contributed by atoms with Crippen molar-refractivity contribution in [3.05, 3.63) is 80.2 Å². The van der Waals surface area contributed by atoms with Gasteiger partial charge in [-0.05, 0) is 81.5 Å². The Labute approximate surface area is 259 Å². The van der Waals surface area contributed by atoms with Crippen LogP contribution in [0, 0.1) is 33.6 Å². The van der Waals surface area contributed by atoms with E-state index in [1.807, 2.05) is 63.7 Å². The maximum Gasteiger partial charge on any atom is 0.312 e. The molecule has 11 heteroatoms. The van der Waals surface area contributed by atoms with Crippen molar-refractivity contribution >= 4 is 51.8 Å². The molecule has 0 aliphatic carbocycles. The van der Waals surface area contributed by atoms with Gasteiger partial charge in [0.1, 0.15) is 17.3 Å². The molecule has 0 saturated carbocycles. The van der Waals surface area contributed by atoms with Crippen LogP contribution >= 0.6 is 23.2 Å². The van der Waals surface area contributed by atoms with Crippen molar-refractivity contribution in [1.82, 2.24) is 20.1 Å². The number of amidine groups is 1. The summed E-state index contributed by atoms with van der Waals surface area (Å²) in [6, 6.07) is 7.60. The number of carbonyl (C=O) groups is 2. The van der Waals surface area contributed by atoms with Gasteiger partial charge in [0.2, 0.25) is 0 Å². The Morgan fingerprint density at radius 3 is 2.47 bits per heavy atom. The van der Waals surface area contributed by atoms with Gasteiger partial charge < -0.3 is 20.1 Å². The monoisotopic (exact) mass is 621 g/mol. The number of amides is 1. The zero-order valence-electron chi connectivity index (χ0n) is 24.6. The Morgan fingerprint density at radius 1 is 1.14 bits per heavy atom. The van der Waals surface area contributed by atoms with Crippen molar-refractivity contribution in [2.24, 2.45) is 18.0 Å². The Bertz CT molecular complexity index is 1790. The molecular formula is C32H33Cl2N5O4. The summed E-state index contributed by atoms with van der Waals surface area (Å²) in [4.78, 5) is 32.6. The number of H-pyrrole nitrogens is 1. The summed E-state index contributed by atoms with van der Waals surface area (Å²) in [6.07, 6.45) is 4.24. The Morgan fingerprint density at radius 2 is 1.86 bits per heavy atom. The standard InChI is InChI=1S/C32H33Cl2N5O4/c1-16-13-21(14-17(2)28(16)34)43-12-6-7-22-23-9-10-24(33)27(26-18(3)38-39(5)19(26)4)29(23)37-30(22)31(40)36-25-11-8-20(15-35-25)32(41)42/h8-11,13-14,20,37H,6-7,12,15H2,1-5H3,(H,41,42)(H,35,36,40). The number of benzene rings is 2. The van der Waals surface area contributed by atoms with Crippen LogP contribution in [0.2, 0.25) is 10.0 Å². The summed E-state index contributed by atoms with van der Waals surface area (Å²) < 4.78 is 7.87. The first kappa shape index (κ1) is 30.4. The Hall–Kier alpha value is -4.08. The number of carbonyl (C=O) groups excluding carboxylic acids is 1. The number of aliphatic imine (C=N–C) groups is 1. The van der Waals surface area contributed by atoms with Crippen molar-refractivity contribution in [1.29, 1.82) is 0 Å². The molecule has 1 aliphatic rings. The number of carboxylic acid groups (broad SMARTS) is 1. The number of hydrogen-bond acceptors (Lipinski definition) is 5. The molecule has 0 spiro atoms. The minimum absolute atomic E-state index is 0.0569. The van der Waals surface area contributed by atoms with E-state index in [0.29, 0.717) is 36.0 Å². The SMILES string of the molecule is Cc1cc(OCCCc2c(C(=O)NC3=NCC(C(=O)O)C=C3)[nH]c3c(-c4c(C)nn(C)c4C)c(Cl)ccc23)cc(C)c1Cl. The number of ether oxygens (including phenoxy) is 1. The highest BCUT2D eigenvalue weighted by atomic mass is 35.5. The van der Waals surface area contributed by atoms with Crippen LogP contribution in [0.15, 0.2) is 41.4 Å². The van der Waals surface area contributed by atoms with Gasteiger partial charge in [-0.2, -0.15) is 5.10 Å². The summed E-state index contributed by atoms with van der Waals surface area (Å²) in [7, 11) is 1.88. The highest BCUT2D eigenvalue weighted by Crippen LogP contribution is 2.40. The Kier molecular flexibility index (Phi) is 8.66. The summed E-state index contributed by atoms with van der Waals surface area (Å²) in [6.45, 7) is 8.30. The van der Waals surface area contributed by atoms with Crippen molar-refractivity contribution in [3.63, 3.8) is 0 Å². The average Bonchev–Trinajstić information content (AvgIpc) is 3.45. The predicted molar refractivity (Wildman–Crippen MR) is 170 cm³/mol. The lowest BCUT2D eigenvalue weighted by Gasteiger charge is -2.13. The molecule has 0 radical (unpaired) electrons. The number of aryl methyl sites for hydroxylation is 5. The number of nitrogens with one attached hydrogen (secondary N) is 2. The maximum atomic E-state index is 13.7. The van der Waals surface area contributed by atoms with Crippen LogP contribution in [-0.2, 0) is 18.3 Å². The highest BCUT2D eigenvalue weighted by Gasteiger charge is 2.25. The van der Waals surface area contributed by atoms with Gasteiger partial charge in [0.25, 0.3) is 5.91 Å². The van der Waals surface area contributed by atoms with Gasteiger partial charge in [-0.25, -0.2) is 0 Å². The third-order valence-electron chi connectivity index (χ3n) is 7.77. The molecule has 1 aliphatic heterocycles. The summed E-state index contributed by atoms with van der Waals surface area (Å²) in [5.74, 6) is -1.00. The first-order valence-corrected chi connectivity index (χ1v) is 14.7. The van der Waals surface area contributed by atoms with Gasteiger partial charge in [0, 0.05) is 34.3 Å². The van der Waals surface area contributed by atoms with E-state index in [-0.39, 0.29) is 12.5 Å². The van der Waals surface area contributed by atoms with Crippen LogP contribution in [0.1, 0.15) is 45.0 Å². The Balaban J connectivity index is 1.49.